The second-order valence-corrected chi connectivity index (χ2v) is 7.15. The molecule has 0 amide bonds. The summed E-state index contributed by atoms with van der Waals surface area (Å²) in [5.41, 5.74) is 1.84. The van der Waals surface area contributed by atoms with Gasteiger partial charge in [0.15, 0.2) is 5.11 Å². The molecule has 4 nitrogen and oxygen atoms in total. The first-order valence-corrected chi connectivity index (χ1v) is 8.72. The number of thiophene rings is 1. The molecule has 0 spiro atoms. The van der Waals surface area contributed by atoms with E-state index in [1.165, 1.54) is 37.7 Å². The molecular weight excluding hydrogens is 304 g/mol. The third-order valence-corrected chi connectivity index (χ3v) is 5.66. The van der Waals surface area contributed by atoms with Gasteiger partial charge in [0.1, 0.15) is 5.00 Å². The highest BCUT2D eigenvalue weighted by atomic mass is 32.1. The first-order valence-electron chi connectivity index (χ1n) is 7.49. The number of ether oxygens (including phenoxy) is 1. The van der Waals surface area contributed by atoms with E-state index in [0.717, 1.165) is 29.8 Å². The van der Waals surface area contributed by atoms with Crippen LogP contribution in [0.3, 0.4) is 0 Å². The molecule has 1 heterocycles. The van der Waals surface area contributed by atoms with Gasteiger partial charge in [0.25, 0.3) is 0 Å². The zero-order valence-corrected chi connectivity index (χ0v) is 13.8. The van der Waals surface area contributed by atoms with Gasteiger partial charge in [0.05, 0.1) is 12.7 Å². The number of carbonyl (C=O) groups excluding carboxylic acids is 1. The molecule has 3 rings (SSSR count). The summed E-state index contributed by atoms with van der Waals surface area (Å²) in [6, 6.07) is 0.471. The largest absolute Gasteiger partial charge is 0.465 e. The van der Waals surface area contributed by atoms with Crippen molar-refractivity contribution < 1.29 is 9.53 Å². The molecule has 0 bridgehead atoms. The molecule has 2 aliphatic carbocycles. The molecule has 2 N–H and O–H groups in total. The van der Waals surface area contributed by atoms with Crippen LogP contribution >= 0.6 is 23.6 Å². The molecule has 0 radical (unpaired) electrons. The third-order valence-electron chi connectivity index (χ3n) is 4.23. The van der Waals surface area contributed by atoms with Crippen LogP contribution in [-0.2, 0) is 17.6 Å². The van der Waals surface area contributed by atoms with E-state index in [4.69, 9.17) is 17.0 Å². The zero-order chi connectivity index (χ0) is 14.8. The Morgan fingerprint density at radius 1 is 1.29 bits per heavy atom. The standard InChI is InChI=1S/C15H20N2O2S2/c1-19-14(18)12-10-7-4-8-11(10)21-13(12)17-15(20)16-9-5-2-3-6-9/h9H,2-8H2,1H3,(H2,16,17,20). The molecule has 0 unspecified atom stereocenters. The van der Waals surface area contributed by atoms with E-state index in [-0.39, 0.29) is 5.97 Å². The van der Waals surface area contributed by atoms with Crippen LogP contribution in [0.4, 0.5) is 5.00 Å². The molecule has 1 fully saturated rings. The van der Waals surface area contributed by atoms with Gasteiger partial charge in [-0.15, -0.1) is 11.3 Å². The molecular formula is C15H20N2O2S2. The van der Waals surface area contributed by atoms with Crippen LogP contribution in [0.2, 0.25) is 0 Å². The Labute approximate surface area is 134 Å². The number of anilines is 1. The molecule has 21 heavy (non-hydrogen) atoms. The number of aryl methyl sites for hydroxylation is 1. The topological polar surface area (TPSA) is 50.4 Å². The number of hydrogen-bond donors (Lipinski definition) is 2. The lowest BCUT2D eigenvalue weighted by atomic mass is 10.1. The van der Waals surface area contributed by atoms with Crippen molar-refractivity contribution in [2.24, 2.45) is 0 Å². The van der Waals surface area contributed by atoms with Crippen molar-refractivity contribution in [1.29, 1.82) is 0 Å². The summed E-state index contributed by atoms with van der Waals surface area (Å²) in [6.07, 6.45) is 8.01. The van der Waals surface area contributed by atoms with E-state index in [2.05, 4.69) is 10.6 Å². The van der Waals surface area contributed by atoms with Gasteiger partial charge in [-0.05, 0) is 49.9 Å². The van der Waals surface area contributed by atoms with Gasteiger partial charge in [-0.3, -0.25) is 0 Å². The molecule has 114 valence electrons. The molecule has 6 heteroatoms. The van der Waals surface area contributed by atoms with E-state index in [9.17, 15) is 4.79 Å². The van der Waals surface area contributed by atoms with Crippen LogP contribution < -0.4 is 10.6 Å². The third kappa shape index (κ3) is 3.06. The maximum absolute atomic E-state index is 12.1. The van der Waals surface area contributed by atoms with Crippen molar-refractivity contribution in [3.8, 4) is 0 Å². The maximum atomic E-state index is 12.1. The minimum Gasteiger partial charge on any atom is -0.465 e. The fourth-order valence-electron chi connectivity index (χ4n) is 3.21. The number of esters is 1. The Bertz CT molecular complexity index is 562. The highest BCUT2D eigenvalue weighted by Gasteiger charge is 2.27. The summed E-state index contributed by atoms with van der Waals surface area (Å²) in [5.74, 6) is -0.263. The quantitative estimate of drug-likeness (QED) is 0.660. The molecule has 0 saturated heterocycles. The Morgan fingerprint density at radius 3 is 2.76 bits per heavy atom. The second kappa shape index (κ2) is 6.32. The van der Waals surface area contributed by atoms with Gasteiger partial charge in [0, 0.05) is 10.9 Å². The molecule has 0 aromatic carbocycles. The average Bonchev–Trinajstić information content (AvgIpc) is 3.14. The lowest BCUT2D eigenvalue weighted by Gasteiger charge is -2.15. The highest BCUT2D eigenvalue weighted by Crippen LogP contribution is 2.39. The minimum absolute atomic E-state index is 0.263. The fourth-order valence-corrected chi connectivity index (χ4v) is 4.82. The van der Waals surface area contributed by atoms with Gasteiger partial charge < -0.3 is 15.4 Å². The first-order chi connectivity index (χ1) is 10.2. The summed E-state index contributed by atoms with van der Waals surface area (Å²) in [5, 5.41) is 8.02. The number of nitrogens with one attached hydrogen (secondary N) is 2. The molecule has 2 aliphatic rings. The Morgan fingerprint density at radius 2 is 2.05 bits per heavy atom. The summed E-state index contributed by atoms with van der Waals surface area (Å²) in [6.45, 7) is 0. The van der Waals surface area contributed by atoms with Crippen LogP contribution in [0.5, 0.6) is 0 Å². The number of rotatable bonds is 3. The number of carbonyl (C=O) groups is 1. The van der Waals surface area contributed by atoms with Gasteiger partial charge in [0.2, 0.25) is 0 Å². The number of fused-ring (bicyclic) bond motifs is 1. The van der Waals surface area contributed by atoms with Crippen molar-refractivity contribution in [2.45, 2.75) is 51.0 Å². The molecule has 0 aliphatic heterocycles. The maximum Gasteiger partial charge on any atom is 0.341 e. The SMILES string of the molecule is COC(=O)c1c(NC(=S)NC2CCCC2)sc2c1CCC2. The van der Waals surface area contributed by atoms with Crippen molar-refractivity contribution >= 4 is 39.6 Å². The second-order valence-electron chi connectivity index (χ2n) is 5.63. The van der Waals surface area contributed by atoms with E-state index in [0.29, 0.717) is 16.7 Å². The predicted molar refractivity (Wildman–Crippen MR) is 89.3 cm³/mol. The summed E-state index contributed by atoms with van der Waals surface area (Å²) >= 11 is 7.03. The number of methoxy groups -OCH3 is 1. The van der Waals surface area contributed by atoms with Gasteiger partial charge in [-0.25, -0.2) is 4.79 Å². The lowest BCUT2D eigenvalue weighted by Crippen LogP contribution is -2.36. The van der Waals surface area contributed by atoms with Gasteiger partial charge in [-0.2, -0.15) is 0 Å². The van der Waals surface area contributed by atoms with E-state index < -0.39 is 0 Å². The summed E-state index contributed by atoms with van der Waals surface area (Å²) < 4.78 is 4.94. The van der Waals surface area contributed by atoms with Crippen LogP contribution in [0.1, 0.15) is 52.9 Å². The van der Waals surface area contributed by atoms with Gasteiger partial charge in [-0.1, -0.05) is 12.8 Å². The van der Waals surface area contributed by atoms with Crippen molar-refractivity contribution in [3.05, 3.63) is 16.0 Å². The zero-order valence-electron chi connectivity index (χ0n) is 12.2. The Kier molecular flexibility index (Phi) is 4.45. The van der Waals surface area contributed by atoms with E-state index in [1.807, 2.05) is 0 Å². The van der Waals surface area contributed by atoms with Crippen molar-refractivity contribution in [1.82, 2.24) is 5.32 Å². The average molecular weight is 324 g/mol. The van der Waals surface area contributed by atoms with Crippen LogP contribution in [-0.4, -0.2) is 24.2 Å². The van der Waals surface area contributed by atoms with Crippen LogP contribution in [0.15, 0.2) is 0 Å². The van der Waals surface area contributed by atoms with Crippen LogP contribution in [0.25, 0.3) is 0 Å². The van der Waals surface area contributed by atoms with E-state index >= 15 is 0 Å². The van der Waals surface area contributed by atoms with Crippen molar-refractivity contribution in [3.63, 3.8) is 0 Å². The smallest absolute Gasteiger partial charge is 0.341 e. The lowest BCUT2D eigenvalue weighted by molar-refractivity contribution is 0.0601. The fraction of sp³-hybridized carbons (Fsp3) is 0.600. The normalized spacial score (nSPS) is 17.6. The summed E-state index contributed by atoms with van der Waals surface area (Å²) in [7, 11) is 1.43. The highest BCUT2D eigenvalue weighted by molar-refractivity contribution is 7.80. The Hall–Kier alpha value is -1.14. The van der Waals surface area contributed by atoms with Crippen LogP contribution in [0, 0.1) is 0 Å². The molecule has 1 aromatic rings. The summed E-state index contributed by atoms with van der Waals surface area (Å²) in [4.78, 5) is 13.4. The molecule has 1 aromatic heterocycles. The minimum atomic E-state index is -0.263. The van der Waals surface area contributed by atoms with Crippen molar-refractivity contribution in [2.75, 3.05) is 12.4 Å². The van der Waals surface area contributed by atoms with E-state index in [1.54, 1.807) is 11.3 Å². The number of thiocarbonyl (C=S) groups is 1. The monoisotopic (exact) mass is 324 g/mol. The number of hydrogen-bond acceptors (Lipinski definition) is 4. The Balaban J connectivity index is 1.75. The van der Waals surface area contributed by atoms with Gasteiger partial charge >= 0.3 is 5.97 Å². The predicted octanol–water partition coefficient (Wildman–Crippen LogP) is 3.25. The molecule has 0 atom stereocenters. The molecule has 1 saturated carbocycles. The first kappa shape index (κ1) is 14.8.